The summed E-state index contributed by atoms with van der Waals surface area (Å²) < 4.78 is 0.827. The number of hydrogen-bond acceptors (Lipinski definition) is 1. The van der Waals surface area contributed by atoms with Crippen LogP contribution in [0.1, 0.15) is 43.0 Å². The number of Topliss-reactive ketones (excluding diaryl/α,β-unsaturated/α-hetero) is 1. The van der Waals surface area contributed by atoms with Crippen molar-refractivity contribution in [2.45, 2.75) is 32.6 Å². The smallest absolute Gasteiger partial charge is 0.164 e. The van der Waals surface area contributed by atoms with Gasteiger partial charge >= 0.3 is 0 Å². The van der Waals surface area contributed by atoms with Crippen LogP contribution in [0.5, 0.6) is 0 Å². The summed E-state index contributed by atoms with van der Waals surface area (Å²) in [6.45, 7) is 2.12. The van der Waals surface area contributed by atoms with Crippen molar-refractivity contribution in [2.24, 2.45) is 0 Å². The van der Waals surface area contributed by atoms with Gasteiger partial charge in [-0.15, -0.1) is 0 Å². The van der Waals surface area contributed by atoms with E-state index in [0.29, 0.717) is 17.0 Å². The molecule has 1 aromatic rings. The highest BCUT2D eigenvalue weighted by atomic mass is 79.9. The summed E-state index contributed by atoms with van der Waals surface area (Å²) in [6.07, 6.45) is 3.79. The average Bonchev–Trinajstić information content (AvgIpc) is 2.22. The van der Waals surface area contributed by atoms with E-state index in [9.17, 15) is 4.79 Å². The molecule has 0 saturated heterocycles. The van der Waals surface area contributed by atoms with Gasteiger partial charge in [-0.05, 0) is 24.6 Å². The van der Waals surface area contributed by atoms with Crippen molar-refractivity contribution in [2.75, 3.05) is 0 Å². The SMILES string of the molecule is CCCCCC(=O)c1cc(Cl)ccc1Br. The third-order valence-corrected chi connectivity index (χ3v) is 3.16. The molecule has 0 radical (unpaired) electrons. The zero-order valence-corrected chi connectivity index (χ0v) is 11.1. The molecule has 0 aliphatic rings. The van der Waals surface area contributed by atoms with Crippen molar-refractivity contribution in [3.63, 3.8) is 0 Å². The van der Waals surface area contributed by atoms with Crippen LogP contribution in [0.4, 0.5) is 0 Å². The Labute approximate surface area is 104 Å². The van der Waals surface area contributed by atoms with Crippen LogP contribution in [-0.4, -0.2) is 5.78 Å². The Bertz CT molecular complexity index is 349. The Morgan fingerprint density at radius 3 is 2.80 bits per heavy atom. The average molecular weight is 290 g/mol. The molecule has 0 unspecified atom stereocenters. The van der Waals surface area contributed by atoms with Gasteiger partial charge in [-0.1, -0.05) is 47.3 Å². The summed E-state index contributed by atoms with van der Waals surface area (Å²) in [5, 5.41) is 0.608. The second-order valence-electron chi connectivity index (χ2n) is 3.50. The molecule has 0 bridgehead atoms. The molecular formula is C12H14BrClO. The summed E-state index contributed by atoms with van der Waals surface area (Å²) in [4.78, 5) is 11.8. The maximum atomic E-state index is 11.8. The van der Waals surface area contributed by atoms with Gasteiger partial charge in [-0.2, -0.15) is 0 Å². The van der Waals surface area contributed by atoms with Crippen LogP contribution in [-0.2, 0) is 0 Å². The van der Waals surface area contributed by atoms with Crippen molar-refractivity contribution < 1.29 is 4.79 Å². The zero-order valence-electron chi connectivity index (χ0n) is 8.72. The molecule has 1 rings (SSSR count). The Morgan fingerprint density at radius 1 is 1.40 bits per heavy atom. The number of carbonyl (C=O) groups excluding carboxylic acids is 1. The lowest BCUT2D eigenvalue weighted by Crippen LogP contribution is -2.00. The molecule has 0 aliphatic carbocycles. The van der Waals surface area contributed by atoms with Gasteiger partial charge in [0.2, 0.25) is 0 Å². The maximum absolute atomic E-state index is 11.8. The van der Waals surface area contributed by atoms with Crippen molar-refractivity contribution in [1.82, 2.24) is 0 Å². The topological polar surface area (TPSA) is 17.1 Å². The first-order valence-corrected chi connectivity index (χ1v) is 6.30. The third kappa shape index (κ3) is 3.96. The number of unbranched alkanes of at least 4 members (excludes halogenated alkanes) is 2. The first-order chi connectivity index (χ1) is 7.15. The lowest BCUT2D eigenvalue weighted by Gasteiger charge is -2.03. The molecule has 0 spiro atoms. The summed E-state index contributed by atoms with van der Waals surface area (Å²) in [7, 11) is 0. The quantitative estimate of drug-likeness (QED) is 0.558. The minimum atomic E-state index is 0.165. The number of hydrogen-bond donors (Lipinski definition) is 0. The third-order valence-electron chi connectivity index (χ3n) is 2.24. The van der Waals surface area contributed by atoms with Crippen LogP contribution in [0.25, 0.3) is 0 Å². The first kappa shape index (κ1) is 12.7. The second kappa shape index (κ2) is 6.29. The van der Waals surface area contributed by atoms with Crippen molar-refractivity contribution in [3.8, 4) is 0 Å². The molecule has 0 fully saturated rings. The zero-order chi connectivity index (χ0) is 11.3. The highest BCUT2D eigenvalue weighted by Gasteiger charge is 2.09. The van der Waals surface area contributed by atoms with Gasteiger partial charge in [0.15, 0.2) is 5.78 Å². The van der Waals surface area contributed by atoms with Crippen molar-refractivity contribution >= 4 is 33.3 Å². The predicted octanol–water partition coefficient (Wildman–Crippen LogP) is 4.87. The monoisotopic (exact) mass is 288 g/mol. The van der Waals surface area contributed by atoms with E-state index in [1.165, 1.54) is 0 Å². The predicted molar refractivity (Wildman–Crippen MR) is 67.6 cm³/mol. The highest BCUT2D eigenvalue weighted by Crippen LogP contribution is 2.23. The van der Waals surface area contributed by atoms with E-state index in [1.54, 1.807) is 12.1 Å². The molecule has 0 aromatic heterocycles. The van der Waals surface area contributed by atoms with Crippen LogP contribution >= 0.6 is 27.5 Å². The lowest BCUT2D eigenvalue weighted by atomic mass is 10.1. The fraction of sp³-hybridized carbons (Fsp3) is 0.417. The molecule has 1 nitrogen and oxygen atoms in total. The van der Waals surface area contributed by atoms with E-state index in [-0.39, 0.29) is 5.78 Å². The molecule has 1 aromatic carbocycles. The summed E-state index contributed by atoms with van der Waals surface area (Å²) in [6, 6.07) is 5.31. The number of benzene rings is 1. The normalized spacial score (nSPS) is 10.3. The van der Waals surface area contributed by atoms with E-state index in [2.05, 4.69) is 22.9 Å². The molecule has 0 amide bonds. The number of carbonyl (C=O) groups is 1. The van der Waals surface area contributed by atoms with Gasteiger partial charge in [0.1, 0.15) is 0 Å². The molecular weight excluding hydrogens is 275 g/mol. The fourth-order valence-corrected chi connectivity index (χ4v) is 2.02. The van der Waals surface area contributed by atoms with Crippen LogP contribution in [0.2, 0.25) is 5.02 Å². The number of ketones is 1. The largest absolute Gasteiger partial charge is 0.294 e. The molecule has 0 aliphatic heterocycles. The van der Waals surface area contributed by atoms with Gasteiger partial charge in [0.25, 0.3) is 0 Å². The van der Waals surface area contributed by atoms with Crippen LogP contribution < -0.4 is 0 Å². The summed E-state index contributed by atoms with van der Waals surface area (Å²) in [5.41, 5.74) is 0.693. The molecule has 0 N–H and O–H groups in total. The molecule has 3 heteroatoms. The summed E-state index contributed by atoms with van der Waals surface area (Å²) in [5.74, 6) is 0.165. The van der Waals surface area contributed by atoms with E-state index in [4.69, 9.17) is 11.6 Å². The van der Waals surface area contributed by atoms with E-state index in [1.807, 2.05) is 6.07 Å². The Balaban J connectivity index is 2.68. The Kier molecular flexibility index (Phi) is 5.34. The fourth-order valence-electron chi connectivity index (χ4n) is 1.38. The second-order valence-corrected chi connectivity index (χ2v) is 4.80. The number of halogens is 2. The molecule has 0 saturated carbocycles. The minimum absolute atomic E-state index is 0.165. The van der Waals surface area contributed by atoms with E-state index in [0.717, 1.165) is 23.7 Å². The highest BCUT2D eigenvalue weighted by molar-refractivity contribution is 9.10. The standard InChI is InChI=1S/C12H14BrClO/c1-2-3-4-5-12(15)10-8-9(14)6-7-11(10)13/h6-8H,2-5H2,1H3. The van der Waals surface area contributed by atoms with Gasteiger partial charge in [-0.25, -0.2) is 0 Å². The lowest BCUT2D eigenvalue weighted by molar-refractivity contribution is 0.0978. The first-order valence-electron chi connectivity index (χ1n) is 5.13. The maximum Gasteiger partial charge on any atom is 0.164 e. The molecule has 0 atom stereocenters. The molecule has 15 heavy (non-hydrogen) atoms. The van der Waals surface area contributed by atoms with Crippen molar-refractivity contribution in [1.29, 1.82) is 0 Å². The van der Waals surface area contributed by atoms with Gasteiger partial charge in [0.05, 0.1) is 0 Å². The van der Waals surface area contributed by atoms with Gasteiger partial charge < -0.3 is 0 Å². The van der Waals surface area contributed by atoms with Crippen LogP contribution in [0.3, 0.4) is 0 Å². The van der Waals surface area contributed by atoms with E-state index < -0.39 is 0 Å². The Morgan fingerprint density at radius 2 is 2.13 bits per heavy atom. The Hall–Kier alpha value is -0.340. The van der Waals surface area contributed by atoms with Gasteiger partial charge in [0, 0.05) is 21.5 Å². The molecule has 82 valence electrons. The van der Waals surface area contributed by atoms with E-state index >= 15 is 0 Å². The number of rotatable bonds is 5. The van der Waals surface area contributed by atoms with Crippen molar-refractivity contribution in [3.05, 3.63) is 33.3 Å². The van der Waals surface area contributed by atoms with Gasteiger partial charge in [-0.3, -0.25) is 4.79 Å². The van der Waals surface area contributed by atoms with Crippen LogP contribution in [0, 0.1) is 0 Å². The van der Waals surface area contributed by atoms with Crippen LogP contribution in [0.15, 0.2) is 22.7 Å². The molecule has 0 heterocycles. The minimum Gasteiger partial charge on any atom is -0.294 e. The summed E-state index contributed by atoms with van der Waals surface area (Å²) >= 11 is 9.21.